The van der Waals surface area contributed by atoms with Crippen LogP contribution in [0.2, 0.25) is 0 Å². The maximum absolute atomic E-state index is 13.0. The number of H-pyrrole nitrogens is 1. The number of hydrogen-bond donors (Lipinski definition) is 4. The molecule has 0 saturated carbocycles. The third-order valence-corrected chi connectivity index (χ3v) is 5.23. The minimum atomic E-state index is -4.56. The fraction of sp³-hybridized carbons (Fsp3) is 0.250. The summed E-state index contributed by atoms with van der Waals surface area (Å²) >= 11 is 0. The van der Waals surface area contributed by atoms with Gasteiger partial charge in [-0.05, 0) is 55.8 Å². The lowest BCUT2D eigenvalue weighted by Crippen LogP contribution is -2.35. The predicted molar refractivity (Wildman–Crippen MR) is 131 cm³/mol. The van der Waals surface area contributed by atoms with Gasteiger partial charge in [-0.25, -0.2) is 14.7 Å². The van der Waals surface area contributed by atoms with Gasteiger partial charge in [0.1, 0.15) is 0 Å². The van der Waals surface area contributed by atoms with E-state index in [9.17, 15) is 22.8 Å². The zero-order valence-corrected chi connectivity index (χ0v) is 19.7. The Kier molecular flexibility index (Phi) is 8.43. The number of hydrogen-bond acceptors (Lipinski definition) is 5. The average molecular weight is 503 g/mol. The largest absolute Gasteiger partial charge is 0.416 e. The van der Waals surface area contributed by atoms with E-state index in [0.29, 0.717) is 36.1 Å². The zero-order valence-electron chi connectivity index (χ0n) is 19.7. The molecule has 9 nitrogen and oxygen atoms in total. The first-order valence-electron chi connectivity index (χ1n) is 11.0. The van der Waals surface area contributed by atoms with Crippen LogP contribution in [0.25, 0.3) is 0 Å². The van der Waals surface area contributed by atoms with Crippen molar-refractivity contribution in [2.45, 2.75) is 19.5 Å². The summed E-state index contributed by atoms with van der Waals surface area (Å²) in [6.45, 7) is 2.95. The van der Waals surface area contributed by atoms with E-state index in [2.05, 4.69) is 25.9 Å². The second-order valence-corrected chi connectivity index (χ2v) is 7.94. The minimum Gasteiger partial charge on any atom is -0.356 e. The first kappa shape index (κ1) is 26.4. The number of carbonyl (C=O) groups excluding carboxylic acids is 2. The molecule has 1 aromatic heterocycles. The predicted octanol–water partition coefficient (Wildman–Crippen LogP) is 3.90. The highest BCUT2D eigenvalue weighted by molar-refractivity contribution is 6.05. The SMILES string of the molecule is Cc1ccc(NC(=O)c2cccc(C(F)(F)F)c2)cc1NC(=O)N(C)c1cc(NCCCN)nc[nH+]1. The molecule has 2 aromatic carbocycles. The average Bonchev–Trinajstić information content (AvgIpc) is 2.85. The van der Waals surface area contributed by atoms with Gasteiger partial charge in [0, 0.05) is 23.5 Å². The number of aryl methyl sites for hydroxylation is 1. The lowest BCUT2D eigenvalue weighted by atomic mass is 10.1. The molecule has 0 aliphatic carbocycles. The highest BCUT2D eigenvalue weighted by atomic mass is 19.4. The molecule has 0 fully saturated rings. The van der Waals surface area contributed by atoms with Gasteiger partial charge in [-0.3, -0.25) is 10.1 Å². The van der Waals surface area contributed by atoms with Crippen molar-refractivity contribution in [1.29, 1.82) is 0 Å². The van der Waals surface area contributed by atoms with Crippen LogP contribution in [0, 0.1) is 6.92 Å². The van der Waals surface area contributed by atoms with Gasteiger partial charge in [-0.1, -0.05) is 17.1 Å². The molecular weight excluding hydrogens is 475 g/mol. The topological polar surface area (TPSA) is 127 Å². The number of nitrogens with zero attached hydrogens (tertiary/aromatic N) is 2. The van der Waals surface area contributed by atoms with Crippen LogP contribution in [0.3, 0.4) is 0 Å². The van der Waals surface area contributed by atoms with E-state index < -0.39 is 23.7 Å². The van der Waals surface area contributed by atoms with Gasteiger partial charge in [-0.15, -0.1) is 0 Å². The lowest BCUT2D eigenvalue weighted by Gasteiger charge is -2.15. The first-order valence-corrected chi connectivity index (χ1v) is 11.0. The molecule has 0 aliphatic rings. The van der Waals surface area contributed by atoms with Crippen molar-refractivity contribution >= 4 is 34.9 Å². The molecule has 190 valence electrons. The van der Waals surface area contributed by atoms with Crippen LogP contribution in [-0.4, -0.2) is 37.1 Å². The summed E-state index contributed by atoms with van der Waals surface area (Å²) < 4.78 is 38.9. The van der Waals surface area contributed by atoms with Crippen LogP contribution in [0.4, 0.5) is 41.0 Å². The summed E-state index contributed by atoms with van der Waals surface area (Å²) in [6.07, 6.45) is -2.33. The number of urea groups is 1. The highest BCUT2D eigenvalue weighted by Gasteiger charge is 2.31. The standard InChI is InChI=1S/C24H26F3N7O2/c1-15-7-8-18(32-22(35)16-5-3-6-17(11-16)24(25,26)27)12-19(15)33-23(36)34(2)21-13-20(30-14-31-21)29-10-4-9-28/h3,5-8,11-14H,4,9-10,28H2,1-2H3,(H,32,35)(H,33,36)(H,29,30,31)/p+1. The third-order valence-electron chi connectivity index (χ3n) is 5.23. The summed E-state index contributed by atoms with van der Waals surface area (Å²) in [5, 5.41) is 8.46. The van der Waals surface area contributed by atoms with Crippen molar-refractivity contribution in [3.05, 3.63) is 71.5 Å². The van der Waals surface area contributed by atoms with Crippen molar-refractivity contribution in [3.63, 3.8) is 0 Å². The van der Waals surface area contributed by atoms with Crippen LogP contribution < -0.4 is 31.6 Å². The summed E-state index contributed by atoms with van der Waals surface area (Å²) in [7, 11) is 1.57. The fourth-order valence-corrected chi connectivity index (χ4v) is 3.17. The van der Waals surface area contributed by atoms with E-state index in [1.54, 1.807) is 32.2 Å². The van der Waals surface area contributed by atoms with E-state index in [0.717, 1.165) is 24.1 Å². The van der Waals surface area contributed by atoms with E-state index >= 15 is 0 Å². The maximum atomic E-state index is 13.0. The van der Waals surface area contributed by atoms with Gasteiger partial charge in [0.05, 0.1) is 18.7 Å². The van der Waals surface area contributed by atoms with Crippen molar-refractivity contribution in [3.8, 4) is 0 Å². The molecule has 0 bridgehead atoms. The maximum Gasteiger partial charge on any atom is 0.416 e. The summed E-state index contributed by atoms with van der Waals surface area (Å²) in [5.74, 6) is 0.345. The highest BCUT2D eigenvalue weighted by Crippen LogP contribution is 2.30. The summed E-state index contributed by atoms with van der Waals surface area (Å²) in [4.78, 5) is 33.8. The molecule has 0 spiro atoms. The van der Waals surface area contributed by atoms with Gasteiger partial charge in [-0.2, -0.15) is 13.2 Å². The van der Waals surface area contributed by atoms with E-state index in [1.807, 2.05) is 0 Å². The van der Waals surface area contributed by atoms with Crippen molar-refractivity contribution in [2.24, 2.45) is 5.73 Å². The molecule has 3 aromatic rings. The summed E-state index contributed by atoms with van der Waals surface area (Å²) in [6, 6.07) is 10.2. The molecule has 36 heavy (non-hydrogen) atoms. The van der Waals surface area contributed by atoms with Crippen molar-refractivity contribution in [1.82, 2.24) is 4.98 Å². The number of alkyl halides is 3. The number of nitrogens with two attached hydrogens (primary N) is 1. The van der Waals surface area contributed by atoms with E-state index in [1.165, 1.54) is 29.4 Å². The van der Waals surface area contributed by atoms with Gasteiger partial charge >= 0.3 is 12.2 Å². The van der Waals surface area contributed by atoms with Crippen molar-refractivity contribution < 1.29 is 27.7 Å². The number of anilines is 4. The summed E-state index contributed by atoms with van der Waals surface area (Å²) in [5.41, 5.74) is 5.89. The van der Waals surface area contributed by atoms with Crippen LogP contribution >= 0.6 is 0 Å². The van der Waals surface area contributed by atoms with E-state index in [4.69, 9.17) is 5.73 Å². The normalized spacial score (nSPS) is 11.1. The molecule has 3 rings (SSSR count). The molecule has 0 unspecified atom stereocenters. The second-order valence-electron chi connectivity index (χ2n) is 7.94. The molecule has 1 heterocycles. The Bertz CT molecular complexity index is 1230. The Balaban J connectivity index is 1.71. The van der Waals surface area contributed by atoms with Crippen molar-refractivity contribution in [2.75, 3.05) is 41.0 Å². The molecule has 0 radical (unpaired) electrons. The molecule has 0 saturated heterocycles. The first-order chi connectivity index (χ1) is 17.1. The monoisotopic (exact) mass is 502 g/mol. The third kappa shape index (κ3) is 6.92. The van der Waals surface area contributed by atoms with Crippen LogP contribution in [0.5, 0.6) is 0 Å². The Morgan fingerprint density at radius 3 is 2.61 bits per heavy atom. The number of amides is 3. The molecule has 0 atom stereocenters. The van der Waals surface area contributed by atoms with E-state index in [-0.39, 0.29) is 5.56 Å². The lowest BCUT2D eigenvalue weighted by molar-refractivity contribution is -0.367. The molecule has 0 aliphatic heterocycles. The van der Waals surface area contributed by atoms with Gasteiger partial charge in [0.15, 0.2) is 0 Å². The number of rotatable bonds is 8. The number of carbonyl (C=O) groups is 2. The van der Waals surface area contributed by atoms with Gasteiger partial charge < -0.3 is 16.4 Å². The second kappa shape index (κ2) is 11.5. The van der Waals surface area contributed by atoms with Gasteiger partial charge in [0.25, 0.3) is 5.91 Å². The number of benzene rings is 2. The molecule has 12 heteroatoms. The Morgan fingerprint density at radius 2 is 1.89 bits per heavy atom. The quantitative estimate of drug-likeness (QED) is 0.348. The number of aromatic amines is 1. The molecular formula is C24H27F3N7O2+. The van der Waals surface area contributed by atoms with Crippen LogP contribution in [0.15, 0.2) is 54.9 Å². The Morgan fingerprint density at radius 1 is 1.11 bits per heavy atom. The molecule has 3 amide bonds. The Hall–Kier alpha value is -4.19. The van der Waals surface area contributed by atoms with Gasteiger partial charge in [0.2, 0.25) is 18.0 Å². The molecule has 6 N–H and O–H groups in total. The minimum absolute atomic E-state index is 0.139. The Labute approximate surface area is 205 Å². The zero-order chi connectivity index (χ0) is 26.3. The fourth-order valence-electron chi connectivity index (χ4n) is 3.17. The smallest absolute Gasteiger partial charge is 0.356 e. The van der Waals surface area contributed by atoms with Crippen LogP contribution in [0.1, 0.15) is 27.9 Å². The number of nitrogens with one attached hydrogen (secondary N) is 4. The number of aromatic nitrogens is 2. The van der Waals surface area contributed by atoms with Crippen LogP contribution in [-0.2, 0) is 6.18 Å². The number of halogens is 3.